The van der Waals surface area contributed by atoms with Crippen molar-refractivity contribution in [1.82, 2.24) is 5.32 Å². The third-order valence-corrected chi connectivity index (χ3v) is 3.77. The van der Waals surface area contributed by atoms with Gasteiger partial charge in [0, 0.05) is 6.08 Å². The normalized spacial score (nSPS) is 12.0. The molecule has 0 bridgehead atoms. The second-order valence-electron chi connectivity index (χ2n) is 5.59. The summed E-state index contributed by atoms with van der Waals surface area (Å²) in [5.74, 6) is 1.17. The fourth-order valence-corrected chi connectivity index (χ4v) is 2.32. The van der Waals surface area contributed by atoms with E-state index in [1.807, 2.05) is 56.3 Å². The van der Waals surface area contributed by atoms with Crippen molar-refractivity contribution in [2.24, 2.45) is 0 Å². The maximum Gasteiger partial charge on any atom is 0.244 e. The van der Waals surface area contributed by atoms with Crippen molar-refractivity contribution in [3.8, 4) is 11.5 Å². The van der Waals surface area contributed by atoms with E-state index >= 15 is 0 Å². The van der Waals surface area contributed by atoms with Crippen molar-refractivity contribution < 1.29 is 14.3 Å². The van der Waals surface area contributed by atoms with Gasteiger partial charge in [0.05, 0.1) is 20.3 Å². The Hall–Kier alpha value is -2.75. The highest BCUT2D eigenvalue weighted by Crippen LogP contribution is 2.29. The molecule has 0 aliphatic rings. The fourth-order valence-electron chi connectivity index (χ4n) is 2.32. The van der Waals surface area contributed by atoms with Crippen molar-refractivity contribution in [3.63, 3.8) is 0 Å². The van der Waals surface area contributed by atoms with Gasteiger partial charge in [-0.2, -0.15) is 0 Å². The van der Waals surface area contributed by atoms with Crippen LogP contribution in [0.25, 0.3) is 6.08 Å². The zero-order chi connectivity index (χ0) is 17.5. The number of hydrogen-bond donors (Lipinski definition) is 1. The molecule has 2 aromatic rings. The molecule has 24 heavy (non-hydrogen) atoms. The molecule has 0 aliphatic heterocycles. The largest absolute Gasteiger partial charge is 0.493 e. The zero-order valence-corrected chi connectivity index (χ0v) is 14.5. The number of ether oxygens (including phenoxy) is 2. The fraction of sp³-hybridized carbons (Fsp3) is 0.250. The van der Waals surface area contributed by atoms with Gasteiger partial charge in [-0.3, -0.25) is 4.79 Å². The number of methoxy groups -OCH3 is 2. The summed E-state index contributed by atoms with van der Waals surface area (Å²) in [4.78, 5) is 12.1. The molecule has 2 rings (SSSR count). The minimum atomic E-state index is -0.141. The summed E-state index contributed by atoms with van der Waals surface area (Å²) in [6.07, 6.45) is 3.35. The van der Waals surface area contributed by atoms with E-state index in [0.29, 0.717) is 11.5 Å². The monoisotopic (exact) mass is 325 g/mol. The second-order valence-corrected chi connectivity index (χ2v) is 5.59. The Labute approximate surface area is 143 Å². The quantitative estimate of drug-likeness (QED) is 0.819. The molecule has 126 valence electrons. The number of carbonyl (C=O) groups excluding carboxylic acids is 1. The molecular formula is C20H23NO3. The van der Waals surface area contributed by atoms with Gasteiger partial charge in [-0.15, -0.1) is 0 Å². The molecule has 0 heterocycles. The molecule has 0 radical (unpaired) electrons. The van der Waals surface area contributed by atoms with E-state index in [-0.39, 0.29) is 11.9 Å². The minimum Gasteiger partial charge on any atom is -0.493 e. The van der Waals surface area contributed by atoms with Gasteiger partial charge in [-0.1, -0.05) is 35.9 Å². The maximum absolute atomic E-state index is 12.1. The standard InChI is InChI=1S/C20H23NO3/c1-14-5-7-16(8-6-14)9-12-20(22)21-15(2)17-10-11-18(23-3)19(13-17)24-4/h5-13,15H,1-4H3,(H,21,22)/b12-9+/t15-/m1/s1. The molecular weight excluding hydrogens is 302 g/mol. The predicted molar refractivity (Wildman–Crippen MR) is 96.3 cm³/mol. The molecule has 1 N–H and O–H groups in total. The van der Waals surface area contributed by atoms with Gasteiger partial charge in [-0.25, -0.2) is 0 Å². The average Bonchev–Trinajstić information content (AvgIpc) is 2.60. The molecule has 1 amide bonds. The Morgan fingerprint density at radius 2 is 1.71 bits per heavy atom. The molecule has 0 unspecified atom stereocenters. The summed E-state index contributed by atoms with van der Waals surface area (Å²) in [5, 5.41) is 2.94. The number of rotatable bonds is 6. The van der Waals surface area contributed by atoms with Crippen LogP contribution in [0.1, 0.15) is 29.7 Å². The Bertz CT molecular complexity index is 720. The van der Waals surface area contributed by atoms with Gasteiger partial charge in [0.2, 0.25) is 5.91 Å². The Morgan fingerprint density at radius 1 is 1.04 bits per heavy atom. The molecule has 2 aromatic carbocycles. The van der Waals surface area contributed by atoms with Gasteiger partial charge < -0.3 is 14.8 Å². The predicted octanol–water partition coefficient (Wildman–Crippen LogP) is 3.90. The van der Waals surface area contributed by atoms with Crippen molar-refractivity contribution in [1.29, 1.82) is 0 Å². The number of benzene rings is 2. The number of nitrogens with one attached hydrogen (secondary N) is 1. The lowest BCUT2D eigenvalue weighted by Crippen LogP contribution is -2.24. The van der Waals surface area contributed by atoms with Crippen LogP contribution in [0.4, 0.5) is 0 Å². The highest BCUT2D eigenvalue weighted by atomic mass is 16.5. The second kappa shape index (κ2) is 8.20. The van der Waals surface area contributed by atoms with Crippen LogP contribution in [0.2, 0.25) is 0 Å². The maximum atomic E-state index is 12.1. The summed E-state index contributed by atoms with van der Waals surface area (Å²) in [5.41, 5.74) is 3.14. The molecule has 0 saturated heterocycles. The highest BCUT2D eigenvalue weighted by molar-refractivity contribution is 5.92. The van der Waals surface area contributed by atoms with Crippen LogP contribution in [0.15, 0.2) is 48.5 Å². The molecule has 0 fully saturated rings. The summed E-state index contributed by atoms with van der Waals surface area (Å²) >= 11 is 0. The third-order valence-electron chi connectivity index (χ3n) is 3.77. The van der Waals surface area contributed by atoms with Gasteiger partial charge in [0.15, 0.2) is 11.5 Å². The van der Waals surface area contributed by atoms with Gasteiger partial charge in [0.1, 0.15) is 0 Å². The van der Waals surface area contributed by atoms with Crippen LogP contribution < -0.4 is 14.8 Å². The highest BCUT2D eigenvalue weighted by Gasteiger charge is 2.11. The minimum absolute atomic E-state index is 0.139. The molecule has 0 aliphatic carbocycles. The molecule has 4 heteroatoms. The van der Waals surface area contributed by atoms with Crippen LogP contribution in [-0.4, -0.2) is 20.1 Å². The van der Waals surface area contributed by atoms with E-state index in [2.05, 4.69) is 5.32 Å². The number of aryl methyl sites for hydroxylation is 1. The van der Waals surface area contributed by atoms with Crippen molar-refractivity contribution in [3.05, 3.63) is 65.2 Å². The molecule has 1 atom stereocenters. The topological polar surface area (TPSA) is 47.6 Å². The van der Waals surface area contributed by atoms with Crippen molar-refractivity contribution >= 4 is 12.0 Å². The van der Waals surface area contributed by atoms with Gasteiger partial charge in [0.25, 0.3) is 0 Å². The molecule has 0 aromatic heterocycles. The first-order chi connectivity index (χ1) is 11.5. The number of hydrogen-bond acceptors (Lipinski definition) is 3. The van der Waals surface area contributed by atoms with Crippen LogP contribution in [-0.2, 0) is 4.79 Å². The van der Waals surface area contributed by atoms with E-state index in [4.69, 9.17) is 9.47 Å². The molecule has 4 nitrogen and oxygen atoms in total. The Balaban J connectivity index is 2.02. The van der Waals surface area contributed by atoms with Crippen LogP contribution >= 0.6 is 0 Å². The third kappa shape index (κ3) is 4.62. The van der Waals surface area contributed by atoms with Crippen molar-refractivity contribution in [2.45, 2.75) is 19.9 Å². The summed E-state index contributed by atoms with van der Waals surface area (Å²) < 4.78 is 10.5. The van der Waals surface area contributed by atoms with E-state index < -0.39 is 0 Å². The lowest BCUT2D eigenvalue weighted by atomic mass is 10.1. The smallest absolute Gasteiger partial charge is 0.244 e. The van der Waals surface area contributed by atoms with E-state index in [9.17, 15) is 4.79 Å². The summed E-state index contributed by atoms with van der Waals surface area (Å²) in [7, 11) is 3.19. The van der Waals surface area contributed by atoms with E-state index in [1.165, 1.54) is 5.56 Å². The van der Waals surface area contributed by atoms with Gasteiger partial charge in [-0.05, 0) is 43.2 Å². The SMILES string of the molecule is COc1ccc([C@@H](C)NC(=O)/C=C/c2ccc(C)cc2)cc1OC. The van der Waals surface area contributed by atoms with Crippen LogP contribution in [0.5, 0.6) is 11.5 Å². The lowest BCUT2D eigenvalue weighted by Gasteiger charge is -2.15. The average molecular weight is 325 g/mol. The van der Waals surface area contributed by atoms with Crippen molar-refractivity contribution in [2.75, 3.05) is 14.2 Å². The number of carbonyl (C=O) groups is 1. The first-order valence-electron chi connectivity index (χ1n) is 7.80. The lowest BCUT2D eigenvalue weighted by molar-refractivity contribution is -0.117. The number of amides is 1. The first kappa shape index (κ1) is 17.6. The zero-order valence-electron chi connectivity index (χ0n) is 14.5. The molecule has 0 saturated carbocycles. The summed E-state index contributed by atoms with van der Waals surface area (Å²) in [6, 6.07) is 13.5. The molecule has 0 spiro atoms. The van der Waals surface area contributed by atoms with E-state index in [1.54, 1.807) is 26.4 Å². The van der Waals surface area contributed by atoms with E-state index in [0.717, 1.165) is 11.1 Å². The Kier molecular flexibility index (Phi) is 6.01. The van der Waals surface area contributed by atoms with Gasteiger partial charge >= 0.3 is 0 Å². The summed E-state index contributed by atoms with van der Waals surface area (Å²) in [6.45, 7) is 3.96. The van der Waals surface area contributed by atoms with Crippen LogP contribution in [0.3, 0.4) is 0 Å². The van der Waals surface area contributed by atoms with Crippen LogP contribution in [0, 0.1) is 6.92 Å². The Morgan fingerprint density at radius 3 is 2.33 bits per heavy atom. The first-order valence-corrected chi connectivity index (χ1v) is 7.80.